The van der Waals surface area contributed by atoms with Crippen molar-refractivity contribution in [2.75, 3.05) is 0 Å². The second-order valence-corrected chi connectivity index (χ2v) is 5.45. The fourth-order valence-corrected chi connectivity index (χ4v) is 2.71. The first kappa shape index (κ1) is 14.4. The predicted molar refractivity (Wildman–Crippen MR) is 83.1 cm³/mol. The van der Waals surface area contributed by atoms with Crippen molar-refractivity contribution in [2.45, 2.75) is 6.61 Å². The number of hydrogen-bond donors (Lipinski definition) is 0. The minimum Gasteiger partial charge on any atom is -0.456 e. The van der Waals surface area contributed by atoms with E-state index in [1.807, 2.05) is 35.7 Å². The first-order valence-corrected chi connectivity index (χ1v) is 7.53. The Morgan fingerprint density at radius 3 is 2.55 bits per heavy atom. The molecule has 0 radical (unpaired) electrons. The van der Waals surface area contributed by atoms with E-state index in [0.717, 1.165) is 10.6 Å². The van der Waals surface area contributed by atoms with Crippen molar-refractivity contribution in [1.82, 2.24) is 4.98 Å². The normalized spacial score (nSPS) is 10.4. The molecule has 0 spiro atoms. The first-order valence-electron chi connectivity index (χ1n) is 6.65. The molecule has 1 aromatic heterocycles. The Morgan fingerprint density at radius 2 is 1.82 bits per heavy atom. The van der Waals surface area contributed by atoms with E-state index in [2.05, 4.69) is 4.98 Å². The molecule has 0 saturated carbocycles. The molecule has 1 heterocycles. The number of halogens is 1. The monoisotopic (exact) mass is 313 g/mol. The molecule has 3 aromatic rings. The standard InChI is InChI=1S/C17H12FNO2S/c18-14-8-6-13(7-9-14)17(20)21-10-15-11-22-16(19-15)12-4-2-1-3-5-12/h1-9,11H,10H2. The Morgan fingerprint density at radius 1 is 1.09 bits per heavy atom. The van der Waals surface area contributed by atoms with Gasteiger partial charge in [0.1, 0.15) is 17.4 Å². The average Bonchev–Trinajstić information content (AvgIpc) is 3.03. The largest absolute Gasteiger partial charge is 0.456 e. The molecule has 5 heteroatoms. The van der Waals surface area contributed by atoms with Gasteiger partial charge in [0.05, 0.1) is 11.3 Å². The van der Waals surface area contributed by atoms with Crippen LogP contribution in [0.2, 0.25) is 0 Å². The van der Waals surface area contributed by atoms with Crippen LogP contribution in [-0.4, -0.2) is 11.0 Å². The maximum Gasteiger partial charge on any atom is 0.338 e. The Kier molecular flexibility index (Phi) is 4.25. The summed E-state index contributed by atoms with van der Waals surface area (Å²) in [6.07, 6.45) is 0. The zero-order valence-electron chi connectivity index (χ0n) is 11.5. The summed E-state index contributed by atoms with van der Waals surface area (Å²) in [6.45, 7) is 0.0968. The van der Waals surface area contributed by atoms with E-state index in [1.54, 1.807) is 0 Å². The van der Waals surface area contributed by atoms with Crippen molar-refractivity contribution in [3.05, 3.63) is 77.1 Å². The number of thiazole rings is 1. The Balaban J connectivity index is 1.64. The second kappa shape index (κ2) is 6.49. The minimum absolute atomic E-state index is 0.0968. The Bertz CT molecular complexity index is 769. The van der Waals surface area contributed by atoms with Crippen LogP contribution in [0.3, 0.4) is 0 Å². The third kappa shape index (κ3) is 3.38. The van der Waals surface area contributed by atoms with Gasteiger partial charge in [0.2, 0.25) is 0 Å². The third-order valence-electron chi connectivity index (χ3n) is 3.00. The lowest BCUT2D eigenvalue weighted by molar-refractivity contribution is 0.0468. The summed E-state index contributed by atoms with van der Waals surface area (Å²) in [7, 11) is 0. The predicted octanol–water partition coefficient (Wildman–Crippen LogP) is 4.31. The van der Waals surface area contributed by atoms with Crippen molar-refractivity contribution in [1.29, 1.82) is 0 Å². The van der Waals surface area contributed by atoms with Crippen molar-refractivity contribution in [3.8, 4) is 10.6 Å². The highest BCUT2D eigenvalue weighted by Crippen LogP contribution is 2.23. The molecule has 0 fully saturated rings. The van der Waals surface area contributed by atoms with Crippen LogP contribution in [0.4, 0.5) is 4.39 Å². The zero-order chi connectivity index (χ0) is 15.4. The number of hydrogen-bond acceptors (Lipinski definition) is 4. The number of carbonyl (C=O) groups is 1. The topological polar surface area (TPSA) is 39.2 Å². The van der Waals surface area contributed by atoms with Gasteiger partial charge in [0.25, 0.3) is 0 Å². The highest BCUT2D eigenvalue weighted by atomic mass is 32.1. The molecule has 2 aromatic carbocycles. The SMILES string of the molecule is O=C(OCc1csc(-c2ccccc2)n1)c1ccc(F)cc1. The summed E-state index contributed by atoms with van der Waals surface area (Å²) < 4.78 is 18.0. The summed E-state index contributed by atoms with van der Waals surface area (Å²) in [5, 5.41) is 2.74. The molecule has 22 heavy (non-hydrogen) atoms. The molecule has 0 saturated heterocycles. The van der Waals surface area contributed by atoms with Gasteiger partial charge >= 0.3 is 5.97 Å². The lowest BCUT2D eigenvalue weighted by atomic mass is 10.2. The first-order chi connectivity index (χ1) is 10.7. The fraction of sp³-hybridized carbons (Fsp3) is 0.0588. The van der Waals surface area contributed by atoms with Gasteiger partial charge in [-0.3, -0.25) is 0 Å². The molecule has 3 nitrogen and oxygen atoms in total. The zero-order valence-corrected chi connectivity index (χ0v) is 12.3. The van der Waals surface area contributed by atoms with Gasteiger partial charge < -0.3 is 4.74 Å². The van der Waals surface area contributed by atoms with Gasteiger partial charge in [0.15, 0.2) is 0 Å². The van der Waals surface area contributed by atoms with Crippen LogP contribution in [0.1, 0.15) is 16.1 Å². The van der Waals surface area contributed by atoms with Gasteiger partial charge in [-0.25, -0.2) is 14.2 Å². The van der Waals surface area contributed by atoms with Crippen molar-refractivity contribution in [2.24, 2.45) is 0 Å². The highest BCUT2D eigenvalue weighted by Gasteiger charge is 2.10. The van der Waals surface area contributed by atoms with E-state index < -0.39 is 5.97 Å². The molecule has 0 bridgehead atoms. The summed E-state index contributed by atoms with van der Waals surface area (Å²) in [5.74, 6) is -0.877. The van der Waals surface area contributed by atoms with E-state index in [0.29, 0.717) is 11.3 Å². The molecule has 0 aliphatic carbocycles. The molecule has 0 atom stereocenters. The van der Waals surface area contributed by atoms with Crippen molar-refractivity contribution < 1.29 is 13.9 Å². The summed E-state index contributed by atoms with van der Waals surface area (Å²) in [4.78, 5) is 16.3. The second-order valence-electron chi connectivity index (χ2n) is 4.59. The number of ether oxygens (including phenoxy) is 1. The molecule has 3 rings (SSSR count). The molecule has 0 N–H and O–H groups in total. The molecule has 0 aliphatic heterocycles. The van der Waals surface area contributed by atoms with Gasteiger partial charge in [-0.1, -0.05) is 30.3 Å². The van der Waals surface area contributed by atoms with E-state index in [-0.39, 0.29) is 12.4 Å². The van der Waals surface area contributed by atoms with E-state index >= 15 is 0 Å². The quantitative estimate of drug-likeness (QED) is 0.674. The van der Waals surface area contributed by atoms with E-state index in [1.165, 1.54) is 35.6 Å². The van der Waals surface area contributed by atoms with Gasteiger partial charge in [-0.05, 0) is 24.3 Å². The van der Waals surface area contributed by atoms with Gasteiger partial charge in [-0.15, -0.1) is 11.3 Å². The number of esters is 1. The lowest BCUT2D eigenvalue weighted by Gasteiger charge is -2.02. The summed E-state index contributed by atoms with van der Waals surface area (Å²) in [6, 6.07) is 15.1. The molecular formula is C17H12FNO2S. The number of carbonyl (C=O) groups excluding carboxylic acids is 1. The van der Waals surface area contributed by atoms with Gasteiger partial charge in [-0.2, -0.15) is 0 Å². The molecular weight excluding hydrogens is 301 g/mol. The summed E-state index contributed by atoms with van der Waals surface area (Å²) >= 11 is 1.50. The number of rotatable bonds is 4. The number of nitrogens with zero attached hydrogens (tertiary/aromatic N) is 1. The van der Waals surface area contributed by atoms with Crippen molar-refractivity contribution >= 4 is 17.3 Å². The average molecular weight is 313 g/mol. The maximum atomic E-state index is 12.8. The molecule has 0 unspecified atom stereocenters. The molecule has 110 valence electrons. The molecule has 0 amide bonds. The smallest absolute Gasteiger partial charge is 0.338 e. The Hall–Kier alpha value is -2.53. The van der Waals surface area contributed by atoms with E-state index in [9.17, 15) is 9.18 Å². The minimum atomic E-state index is -0.491. The van der Waals surface area contributed by atoms with E-state index in [4.69, 9.17) is 4.74 Å². The summed E-state index contributed by atoms with van der Waals surface area (Å²) in [5.41, 5.74) is 2.04. The fourth-order valence-electron chi connectivity index (χ4n) is 1.90. The van der Waals surface area contributed by atoms with Gasteiger partial charge in [0, 0.05) is 10.9 Å². The maximum absolute atomic E-state index is 12.8. The lowest BCUT2D eigenvalue weighted by Crippen LogP contribution is -2.05. The molecule has 0 aliphatic rings. The van der Waals surface area contributed by atoms with Crippen molar-refractivity contribution in [3.63, 3.8) is 0 Å². The van der Waals surface area contributed by atoms with Crippen LogP contribution in [0, 0.1) is 5.82 Å². The van der Waals surface area contributed by atoms with Crippen LogP contribution in [0.5, 0.6) is 0 Å². The Labute approximate surface area is 131 Å². The van der Waals surface area contributed by atoms with Crippen LogP contribution in [-0.2, 0) is 11.3 Å². The third-order valence-corrected chi connectivity index (χ3v) is 3.94. The number of aromatic nitrogens is 1. The van der Waals surface area contributed by atoms with Crippen LogP contribution in [0.25, 0.3) is 10.6 Å². The van der Waals surface area contributed by atoms with Crippen LogP contribution in [0.15, 0.2) is 60.0 Å². The number of benzene rings is 2. The van der Waals surface area contributed by atoms with Crippen LogP contribution < -0.4 is 0 Å². The highest BCUT2D eigenvalue weighted by molar-refractivity contribution is 7.13. The van der Waals surface area contributed by atoms with Crippen LogP contribution >= 0.6 is 11.3 Å².